The van der Waals surface area contributed by atoms with Gasteiger partial charge in [0.25, 0.3) is 0 Å². The van der Waals surface area contributed by atoms with Gasteiger partial charge >= 0.3 is 12.0 Å². The monoisotopic (exact) mass is 280 g/mol. The van der Waals surface area contributed by atoms with Crippen molar-refractivity contribution in [2.75, 3.05) is 13.7 Å². The van der Waals surface area contributed by atoms with E-state index in [1.165, 1.54) is 23.3 Å². The summed E-state index contributed by atoms with van der Waals surface area (Å²) in [6.07, 6.45) is 0. The molecule has 1 aliphatic heterocycles. The van der Waals surface area contributed by atoms with Gasteiger partial charge in [-0.15, -0.1) is 0 Å². The number of rotatable bonds is 3. The van der Waals surface area contributed by atoms with E-state index in [1.54, 1.807) is 6.92 Å². The highest BCUT2D eigenvalue weighted by molar-refractivity contribution is 7.08. The molecular formula is C13H16N2O3S. The number of carbonyl (C=O) groups excluding carboxylic acids is 2. The smallest absolute Gasteiger partial charge is 0.337 e. The molecule has 5 nitrogen and oxygen atoms in total. The minimum atomic E-state index is -0.436. The first-order chi connectivity index (χ1) is 9.10. The van der Waals surface area contributed by atoms with Crippen LogP contribution in [-0.4, -0.2) is 30.6 Å². The summed E-state index contributed by atoms with van der Waals surface area (Å²) in [5, 5.41) is 6.68. The van der Waals surface area contributed by atoms with E-state index in [-0.39, 0.29) is 6.03 Å². The van der Waals surface area contributed by atoms with Crippen LogP contribution in [0.25, 0.3) is 0 Å². The lowest BCUT2D eigenvalue weighted by molar-refractivity contribution is -0.136. The summed E-state index contributed by atoms with van der Waals surface area (Å²) in [6, 6.07) is 1.27. The van der Waals surface area contributed by atoms with Crippen LogP contribution in [0.2, 0.25) is 0 Å². The molecule has 2 amide bonds. The minimum Gasteiger partial charge on any atom is -0.466 e. The molecule has 0 saturated carbocycles. The maximum absolute atomic E-state index is 12.0. The molecule has 1 atom stereocenters. The zero-order valence-electron chi connectivity index (χ0n) is 11.1. The summed E-state index contributed by atoms with van der Waals surface area (Å²) in [4.78, 5) is 25.6. The number of allylic oxidation sites excluding steroid dienone is 1. The standard InChI is InChI=1S/C13H16N2O3S/c1-4-15-8(2)10(12(16)18-3)11(14-13(15)17)9-5-6-19-7-9/h5-7,11H,4H2,1-3H3,(H,14,17). The van der Waals surface area contributed by atoms with E-state index in [0.29, 0.717) is 17.8 Å². The van der Waals surface area contributed by atoms with Gasteiger partial charge in [-0.25, -0.2) is 9.59 Å². The van der Waals surface area contributed by atoms with E-state index < -0.39 is 12.0 Å². The predicted octanol–water partition coefficient (Wildman–Crippen LogP) is 2.28. The van der Waals surface area contributed by atoms with Crippen LogP contribution in [0.5, 0.6) is 0 Å². The molecule has 102 valence electrons. The van der Waals surface area contributed by atoms with Crippen LogP contribution < -0.4 is 5.32 Å². The van der Waals surface area contributed by atoms with Crippen LogP contribution in [0.15, 0.2) is 28.1 Å². The third-order valence-electron chi connectivity index (χ3n) is 3.19. The second kappa shape index (κ2) is 5.44. The largest absolute Gasteiger partial charge is 0.466 e. The molecule has 0 spiro atoms. The average molecular weight is 280 g/mol. The predicted molar refractivity (Wildman–Crippen MR) is 72.7 cm³/mol. The van der Waals surface area contributed by atoms with Gasteiger partial charge in [0.1, 0.15) is 0 Å². The molecule has 2 rings (SSSR count). The van der Waals surface area contributed by atoms with Gasteiger partial charge in [-0.2, -0.15) is 11.3 Å². The molecule has 1 aromatic rings. The van der Waals surface area contributed by atoms with E-state index in [1.807, 2.05) is 23.8 Å². The molecule has 0 aromatic carbocycles. The van der Waals surface area contributed by atoms with Gasteiger partial charge < -0.3 is 10.1 Å². The van der Waals surface area contributed by atoms with E-state index in [2.05, 4.69) is 5.32 Å². The number of hydrogen-bond donors (Lipinski definition) is 1. The normalized spacial score (nSPS) is 19.4. The summed E-state index contributed by atoms with van der Waals surface area (Å²) in [7, 11) is 1.35. The first-order valence-electron chi connectivity index (χ1n) is 5.99. The van der Waals surface area contributed by atoms with E-state index in [0.717, 1.165) is 5.56 Å². The minimum absolute atomic E-state index is 0.191. The SMILES string of the molecule is CCN1C(=O)NC(c2ccsc2)C(C(=O)OC)=C1C. The Morgan fingerprint density at radius 3 is 2.84 bits per heavy atom. The highest BCUT2D eigenvalue weighted by atomic mass is 32.1. The Balaban J connectivity index is 2.51. The van der Waals surface area contributed by atoms with Crippen molar-refractivity contribution in [3.8, 4) is 0 Å². The van der Waals surface area contributed by atoms with Crippen molar-refractivity contribution in [1.29, 1.82) is 0 Å². The van der Waals surface area contributed by atoms with Crippen LogP contribution in [0, 0.1) is 0 Å². The highest BCUT2D eigenvalue weighted by Crippen LogP contribution is 2.31. The van der Waals surface area contributed by atoms with Crippen molar-refractivity contribution >= 4 is 23.3 Å². The fourth-order valence-corrected chi connectivity index (χ4v) is 2.91. The molecule has 1 N–H and O–H groups in total. The Labute approximate surface area is 115 Å². The number of urea groups is 1. The second-order valence-corrected chi connectivity index (χ2v) is 4.95. The topological polar surface area (TPSA) is 58.6 Å². The maximum atomic E-state index is 12.0. The molecule has 0 bridgehead atoms. The molecular weight excluding hydrogens is 264 g/mol. The summed E-state index contributed by atoms with van der Waals surface area (Å²) in [5.41, 5.74) is 2.03. The van der Waals surface area contributed by atoms with Crippen LogP contribution in [0.4, 0.5) is 4.79 Å². The number of thiophene rings is 1. The van der Waals surface area contributed by atoms with Crippen molar-refractivity contribution in [2.45, 2.75) is 19.9 Å². The molecule has 0 saturated heterocycles. The van der Waals surface area contributed by atoms with E-state index in [9.17, 15) is 9.59 Å². The Morgan fingerprint density at radius 2 is 2.32 bits per heavy atom. The third kappa shape index (κ3) is 2.35. The van der Waals surface area contributed by atoms with Gasteiger partial charge in [-0.1, -0.05) is 0 Å². The number of ether oxygens (including phenoxy) is 1. The molecule has 2 heterocycles. The number of hydrogen-bond acceptors (Lipinski definition) is 4. The number of esters is 1. The van der Waals surface area contributed by atoms with Gasteiger partial charge in [0.2, 0.25) is 0 Å². The lowest BCUT2D eigenvalue weighted by Crippen LogP contribution is -2.47. The van der Waals surface area contributed by atoms with Crippen molar-refractivity contribution in [2.24, 2.45) is 0 Å². The Hall–Kier alpha value is -1.82. The molecule has 6 heteroatoms. The average Bonchev–Trinajstić information content (AvgIpc) is 2.91. The number of nitrogens with zero attached hydrogens (tertiary/aromatic N) is 1. The molecule has 0 radical (unpaired) electrons. The van der Waals surface area contributed by atoms with Crippen molar-refractivity contribution in [1.82, 2.24) is 10.2 Å². The number of nitrogens with one attached hydrogen (secondary N) is 1. The fourth-order valence-electron chi connectivity index (χ4n) is 2.23. The van der Waals surface area contributed by atoms with Crippen LogP contribution in [0.1, 0.15) is 25.5 Å². The van der Waals surface area contributed by atoms with Crippen LogP contribution >= 0.6 is 11.3 Å². The Morgan fingerprint density at radius 1 is 1.58 bits per heavy atom. The summed E-state index contributed by atoms with van der Waals surface area (Å²) >= 11 is 1.52. The van der Waals surface area contributed by atoms with Crippen LogP contribution in [0.3, 0.4) is 0 Å². The fraction of sp³-hybridized carbons (Fsp3) is 0.385. The van der Waals surface area contributed by atoms with E-state index in [4.69, 9.17) is 4.74 Å². The number of amides is 2. The Bertz CT molecular complexity index is 522. The Kier molecular flexibility index (Phi) is 3.90. The maximum Gasteiger partial charge on any atom is 0.337 e. The summed E-state index contributed by atoms with van der Waals surface area (Å²) in [5.74, 6) is -0.410. The quantitative estimate of drug-likeness (QED) is 0.864. The lowest BCUT2D eigenvalue weighted by atomic mass is 9.97. The summed E-state index contributed by atoms with van der Waals surface area (Å²) in [6.45, 7) is 4.14. The van der Waals surface area contributed by atoms with Gasteiger partial charge in [-0.3, -0.25) is 4.90 Å². The van der Waals surface area contributed by atoms with Crippen LogP contribution in [-0.2, 0) is 9.53 Å². The molecule has 0 aliphatic carbocycles. The van der Waals surface area contributed by atoms with Crippen molar-refractivity contribution < 1.29 is 14.3 Å². The second-order valence-electron chi connectivity index (χ2n) is 4.17. The summed E-state index contributed by atoms with van der Waals surface area (Å²) < 4.78 is 4.85. The zero-order chi connectivity index (χ0) is 14.0. The van der Waals surface area contributed by atoms with Gasteiger partial charge in [0, 0.05) is 12.2 Å². The number of carbonyl (C=O) groups is 2. The van der Waals surface area contributed by atoms with Crippen molar-refractivity contribution in [3.63, 3.8) is 0 Å². The first-order valence-corrected chi connectivity index (χ1v) is 6.93. The first kappa shape index (κ1) is 13.6. The molecule has 1 aromatic heterocycles. The molecule has 1 unspecified atom stereocenters. The zero-order valence-corrected chi connectivity index (χ0v) is 11.9. The van der Waals surface area contributed by atoms with E-state index >= 15 is 0 Å². The van der Waals surface area contributed by atoms with Crippen molar-refractivity contribution in [3.05, 3.63) is 33.7 Å². The van der Waals surface area contributed by atoms with Gasteiger partial charge in [0.05, 0.1) is 18.7 Å². The van der Waals surface area contributed by atoms with Gasteiger partial charge in [0.15, 0.2) is 0 Å². The highest BCUT2D eigenvalue weighted by Gasteiger charge is 2.35. The third-order valence-corrected chi connectivity index (χ3v) is 3.90. The van der Waals surface area contributed by atoms with Gasteiger partial charge in [-0.05, 0) is 36.2 Å². The molecule has 0 fully saturated rings. The molecule has 1 aliphatic rings. The lowest BCUT2D eigenvalue weighted by Gasteiger charge is -2.34. The molecule has 19 heavy (non-hydrogen) atoms. The number of methoxy groups -OCH3 is 1.